The summed E-state index contributed by atoms with van der Waals surface area (Å²) in [6, 6.07) is -0.894. The van der Waals surface area contributed by atoms with Crippen molar-refractivity contribution in [2.75, 3.05) is 26.4 Å². The molecule has 75 heavy (non-hydrogen) atoms. The molecule has 436 valence electrons. The minimum absolute atomic E-state index is 0.248. The smallest absolute Gasteiger partial charge is 0.220 e. The number of amides is 1. The summed E-state index contributed by atoms with van der Waals surface area (Å²) in [4.78, 5) is 13.3. The van der Waals surface area contributed by atoms with Gasteiger partial charge in [-0.1, -0.05) is 159 Å². The zero-order valence-electron chi connectivity index (χ0n) is 45.0. The van der Waals surface area contributed by atoms with Crippen LogP contribution in [0, 0.1) is 0 Å². The first-order valence-electron chi connectivity index (χ1n) is 28.4. The molecule has 19 heteroatoms. The molecule has 1 amide bonds. The van der Waals surface area contributed by atoms with E-state index in [9.17, 15) is 61.0 Å². The maximum atomic E-state index is 13.3. The molecule has 19 nitrogen and oxygen atoms in total. The first kappa shape index (κ1) is 67.0. The maximum absolute atomic E-state index is 13.3. The van der Waals surface area contributed by atoms with E-state index in [1.807, 2.05) is 0 Å². The molecular weight excluding hydrogens is 975 g/mol. The Bertz CT molecular complexity index is 1570. The minimum atomic E-state index is -1.97. The molecule has 0 aromatic heterocycles. The van der Waals surface area contributed by atoms with Crippen molar-refractivity contribution in [2.45, 2.75) is 272 Å². The van der Waals surface area contributed by atoms with Crippen molar-refractivity contribution in [1.29, 1.82) is 0 Å². The van der Waals surface area contributed by atoms with Gasteiger partial charge in [-0.05, 0) is 51.4 Å². The Morgan fingerprint density at radius 3 is 1.44 bits per heavy atom. The number of hydrogen-bond donors (Lipinski definition) is 12. The SMILES string of the molecule is CC/C=C\C/C=C\C/C=C\C/C=C\CCCCCCCCC(=O)NC(COC1OC(CO)C(OC2OC(CO)C(OC3OC(CO)C(O)C(O)C3O)C(O)C2O)C(O)C1O)C(O)CCCCCCCCCCCCC. The summed E-state index contributed by atoms with van der Waals surface area (Å²) in [6.45, 7) is 1.62. The predicted octanol–water partition coefficient (Wildman–Crippen LogP) is 3.92. The second kappa shape index (κ2) is 40.0. The third kappa shape index (κ3) is 24.8. The van der Waals surface area contributed by atoms with Crippen molar-refractivity contribution < 1.29 is 89.4 Å². The Balaban J connectivity index is 1.51. The van der Waals surface area contributed by atoms with Gasteiger partial charge < -0.3 is 89.9 Å². The van der Waals surface area contributed by atoms with E-state index in [4.69, 9.17) is 28.4 Å². The molecule has 0 spiro atoms. The average Bonchev–Trinajstić information content (AvgIpc) is 3.41. The lowest BCUT2D eigenvalue weighted by Gasteiger charge is -2.48. The molecule has 3 saturated heterocycles. The fourth-order valence-electron chi connectivity index (χ4n) is 9.48. The van der Waals surface area contributed by atoms with Crippen molar-refractivity contribution in [3.05, 3.63) is 48.6 Å². The predicted molar refractivity (Wildman–Crippen MR) is 282 cm³/mol. The number of rotatable bonds is 40. The monoisotopic (exact) mass is 1070 g/mol. The number of aliphatic hydroxyl groups is 11. The summed E-state index contributed by atoms with van der Waals surface area (Å²) in [5.74, 6) is -0.261. The summed E-state index contributed by atoms with van der Waals surface area (Å²) in [6.07, 6.45) is 14.9. The van der Waals surface area contributed by atoms with Gasteiger partial charge in [-0.2, -0.15) is 0 Å². The van der Waals surface area contributed by atoms with E-state index in [0.717, 1.165) is 89.9 Å². The molecule has 0 aromatic rings. The number of allylic oxidation sites excluding steroid dienone is 8. The molecule has 0 radical (unpaired) electrons. The molecule has 3 heterocycles. The molecule has 12 N–H and O–H groups in total. The molecule has 3 aliphatic rings. The fourth-order valence-corrected chi connectivity index (χ4v) is 9.48. The third-order valence-corrected chi connectivity index (χ3v) is 14.2. The van der Waals surface area contributed by atoms with Gasteiger partial charge in [-0.25, -0.2) is 0 Å². The van der Waals surface area contributed by atoms with Crippen LogP contribution in [0.5, 0.6) is 0 Å². The normalized spacial score (nSPS) is 31.6. The Labute approximate surface area is 446 Å². The highest BCUT2D eigenvalue weighted by molar-refractivity contribution is 5.76. The Morgan fingerprint density at radius 1 is 0.493 bits per heavy atom. The minimum Gasteiger partial charge on any atom is -0.394 e. The quantitative estimate of drug-likeness (QED) is 0.0306. The highest BCUT2D eigenvalue weighted by Crippen LogP contribution is 2.33. The average molecular weight is 1070 g/mol. The topological polar surface area (TPSA) is 307 Å². The van der Waals surface area contributed by atoms with Crippen LogP contribution in [0.3, 0.4) is 0 Å². The van der Waals surface area contributed by atoms with Gasteiger partial charge in [-0.15, -0.1) is 0 Å². The Hall–Kier alpha value is -2.25. The summed E-state index contributed by atoms with van der Waals surface area (Å²) < 4.78 is 34.2. The van der Waals surface area contributed by atoms with Gasteiger partial charge in [0.1, 0.15) is 73.2 Å². The zero-order chi connectivity index (χ0) is 54.8. The number of aliphatic hydroxyl groups excluding tert-OH is 11. The van der Waals surface area contributed by atoms with Crippen LogP contribution in [-0.4, -0.2) is 193 Å². The summed E-state index contributed by atoms with van der Waals surface area (Å²) in [5.41, 5.74) is 0. The van der Waals surface area contributed by atoms with Crippen LogP contribution >= 0.6 is 0 Å². The number of ether oxygens (including phenoxy) is 6. The first-order valence-corrected chi connectivity index (χ1v) is 28.4. The van der Waals surface area contributed by atoms with E-state index < -0.39 is 124 Å². The molecule has 0 bridgehead atoms. The van der Waals surface area contributed by atoms with Crippen LogP contribution in [0.15, 0.2) is 48.6 Å². The van der Waals surface area contributed by atoms with E-state index in [-0.39, 0.29) is 18.9 Å². The molecule has 17 atom stereocenters. The molecule has 3 rings (SSSR count). The number of nitrogens with one attached hydrogen (secondary N) is 1. The van der Waals surface area contributed by atoms with E-state index in [1.165, 1.54) is 44.9 Å². The van der Waals surface area contributed by atoms with Crippen LogP contribution in [0.25, 0.3) is 0 Å². The van der Waals surface area contributed by atoms with E-state index in [0.29, 0.717) is 12.8 Å². The number of unbranched alkanes of at least 4 members (excludes halogenated alkanes) is 16. The van der Waals surface area contributed by atoms with Crippen LogP contribution in [-0.2, 0) is 33.2 Å². The van der Waals surface area contributed by atoms with Gasteiger partial charge in [0.15, 0.2) is 18.9 Å². The van der Waals surface area contributed by atoms with E-state index in [1.54, 1.807) is 0 Å². The van der Waals surface area contributed by atoms with E-state index >= 15 is 0 Å². The fraction of sp³-hybridized carbons (Fsp3) is 0.839. The van der Waals surface area contributed by atoms with Crippen molar-refractivity contribution >= 4 is 5.91 Å². The highest BCUT2D eigenvalue weighted by atomic mass is 16.8. The standard InChI is InChI=1S/C56H99NO18/c1-3-5-7-9-11-13-15-16-17-18-19-20-21-22-24-26-28-30-32-34-44(62)57-39(40(61)33-31-29-27-25-23-14-12-10-8-6-4-2)38-70-54-50(68)47(65)52(42(36-59)72-54)75-56-51(69)48(66)53(43(37-60)73-56)74-55-49(67)46(64)45(63)41(35-58)71-55/h5,7,11,13,16-17,19-20,39-43,45-56,58-61,63-69H,3-4,6,8-10,12,14-15,18,21-38H2,1-2H3,(H,57,62)/b7-5-,13-11-,17-16-,20-19-. The highest BCUT2D eigenvalue weighted by Gasteiger charge is 2.53. The van der Waals surface area contributed by atoms with Crippen molar-refractivity contribution in [2.24, 2.45) is 0 Å². The number of hydrogen-bond acceptors (Lipinski definition) is 18. The second-order valence-corrected chi connectivity index (χ2v) is 20.4. The first-order chi connectivity index (χ1) is 36.3. The number of carbonyl (C=O) groups excluding carboxylic acids is 1. The van der Waals surface area contributed by atoms with Gasteiger partial charge in [0, 0.05) is 6.42 Å². The summed E-state index contributed by atoms with van der Waals surface area (Å²) in [5, 5.41) is 120. The second-order valence-electron chi connectivity index (χ2n) is 20.4. The maximum Gasteiger partial charge on any atom is 0.220 e. The van der Waals surface area contributed by atoms with Crippen LogP contribution in [0.4, 0.5) is 0 Å². The molecule has 0 aromatic carbocycles. The molecule has 3 aliphatic heterocycles. The van der Waals surface area contributed by atoms with E-state index in [2.05, 4.69) is 67.8 Å². The van der Waals surface area contributed by atoms with Gasteiger partial charge in [0.2, 0.25) is 5.91 Å². The summed E-state index contributed by atoms with van der Waals surface area (Å²) in [7, 11) is 0. The van der Waals surface area contributed by atoms with Gasteiger partial charge in [-0.3, -0.25) is 4.79 Å². The molecule has 0 aliphatic carbocycles. The lowest BCUT2D eigenvalue weighted by Crippen LogP contribution is -2.66. The summed E-state index contributed by atoms with van der Waals surface area (Å²) >= 11 is 0. The van der Waals surface area contributed by atoms with Crippen molar-refractivity contribution in [1.82, 2.24) is 5.32 Å². The van der Waals surface area contributed by atoms with Crippen molar-refractivity contribution in [3.63, 3.8) is 0 Å². The molecule has 17 unspecified atom stereocenters. The van der Waals surface area contributed by atoms with Gasteiger partial charge in [0.05, 0.1) is 38.6 Å². The lowest BCUT2D eigenvalue weighted by atomic mass is 9.96. The van der Waals surface area contributed by atoms with Crippen LogP contribution < -0.4 is 5.32 Å². The number of carbonyl (C=O) groups is 1. The van der Waals surface area contributed by atoms with Gasteiger partial charge >= 0.3 is 0 Å². The molecule has 0 saturated carbocycles. The Kier molecular flexibility index (Phi) is 35.8. The third-order valence-electron chi connectivity index (χ3n) is 14.2. The Morgan fingerprint density at radius 2 is 0.920 bits per heavy atom. The van der Waals surface area contributed by atoms with Crippen molar-refractivity contribution in [3.8, 4) is 0 Å². The van der Waals surface area contributed by atoms with Crippen LogP contribution in [0.1, 0.15) is 168 Å². The molecule has 3 fully saturated rings. The van der Waals surface area contributed by atoms with Gasteiger partial charge in [0.25, 0.3) is 0 Å². The lowest BCUT2D eigenvalue weighted by molar-refractivity contribution is -0.379. The van der Waals surface area contributed by atoms with Crippen LogP contribution in [0.2, 0.25) is 0 Å². The zero-order valence-corrected chi connectivity index (χ0v) is 45.0. The largest absolute Gasteiger partial charge is 0.394 e. The molecular formula is C56H99NO18.